The lowest BCUT2D eigenvalue weighted by molar-refractivity contribution is -0.129. The van der Waals surface area contributed by atoms with Crippen molar-refractivity contribution in [3.05, 3.63) is 30.1 Å². The third-order valence-corrected chi connectivity index (χ3v) is 3.29. The van der Waals surface area contributed by atoms with Crippen molar-refractivity contribution in [1.82, 2.24) is 14.8 Å². The molecule has 2 amide bonds. The number of rotatable bonds is 2. The summed E-state index contributed by atoms with van der Waals surface area (Å²) in [4.78, 5) is 31.3. The molecule has 1 fully saturated rings. The Kier molecular flexibility index (Phi) is 4.66. The average molecular weight is 272 g/mol. The van der Waals surface area contributed by atoms with Gasteiger partial charge >= 0.3 is 0 Å². The number of nitrogens with zero attached hydrogens (tertiary/aromatic N) is 4. The normalized spacial score (nSPS) is 15.3. The van der Waals surface area contributed by atoms with Gasteiger partial charge in [-0.25, -0.2) is 0 Å². The van der Waals surface area contributed by atoms with E-state index in [1.54, 1.807) is 34.3 Å². The summed E-state index contributed by atoms with van der Waals surface area (Å²) in [5.74, 6) is -0.201. The highest BCUT2D eigenvalue weighted by molar-refractivity contribution is 5.94. The number of amides is 2. The fraction of sp³-hybridized carbons (Fsp3) is 0.429. The summed E-state index contributed by atoms with van der Waals surface area (Å²) in [6.07, 6.45) is 3.81. The molecule has 0 unspecified atom stereocenters. The van der Waals surface area contributed by atoms with E-state index in [9.17, 15) is 9.59 Å². The van der Waals surface area contributed by atoms with Gasteiger partial charge in [-0.3, -0.25) is 14.6 Å². The molecule has 0 bridgehead atoms. The minimum atomic E-state index is -0.161. The number of nitriles is 1. The first-order valence-corrected chi connectivity index (χ1v) is 6.56. The monoisotopic (exact) mass is 272 g/mol. The van der Waals surface area contributed by atoms with Crippen molar-refractivity contribution in [2.75, 3.05) is 26.2 Å². The first kappa shape index (κ1) is 14.0. The number of aromatic nitrogens is 1. The van der Waals surface area contributed by atoms with Gasteiger partial charge in [0.1, 0.15) is 6.42 Å². The summed E-state index contributed by atoms with van der Waals surface area (Å²) in [5, 5.41) is 8.56. The Bertz CT molecular complexity index is 524. The Morgan fingerprint density at radius 1 is 1.15 bits per heavy atom. The van der Waals surface area contributed by atoms with Crippen LogP contribution in [0.3, 0.4) is 0 Å². The van der Waals surface area contributed by atoms with Gasteiger partial charge in [0.25, 0.3) is 5.91 Å². The molecule has 0 N–H and O–H groups in total. The lowest BCUT2D eigenvalue weighted by Crippen LogP contribution is -2.37. The van der Waals surface area contributed by atoms with E-state index in [0.717, 1.165) is 6.42 Å². The Morgan fingerprint density at radius 3 is 2.50 bits per heavy atom. The van der Waals surface area contributed by atoms with E-state index < -0.39 is 0 Å². The molecule has 6 nitrogen and oxygen atoms in total. The molecule has 0 spiro atoms. The molecule has 1 aliphatic rings. The van der Waals surface area contributed by atoms with Gasteiger partial charge in [0.05, 0.1) is 6.07 Å². The first-order chi connectivity index (χ1) is 9.72. The predicted octanol–water partition coefficient (Wildman–Crippen LogP) is 0.670. The summed E-state index contributed by atoms with van der Waals surface area (Å²) in [5.41, 5.74) is 0.608. The zero-order valence-corrected chi connectivity index (χ0v) is 11.2. The van der Waals surface area contributed by atoms with E-state index in [0.29, 0.717) is 31.7 Å². The second-order valence-corrected chi connectivity index (χ2v) is 4.60. The molecule has 0 saturated carbocycles. The molecule has 0 atom stereocenters. The number of hydrogen-bond acceptors (Lipinski definition) is 4. The number of carbonyl (C=O) groups is 2. The van der Waals surface area contributed by atoms with Gasteiger partial charge in [0.2, 0.25) is 5.91 Å². The Morgan fingerprint density at radius 2 is 1.80 bits per heavy atom. The Balaban J connectivity index is 1.98. The summed E-state index contributed by atoms with van der Waals surface area (Å²) in [6.45, 7) is 2.20. The standard InChI is InChI=1S/C14H16N4O2/c15-5-2-13(19)17-8-1-9-18(11-10-17)14(20)12-3-6-16-7-4-12/h3-4,6-7H,1-2,8-11H2. The van der Waals surface area contributed by atoms with Crippen LogP contribution >= 0.6 is 0 Å². The molecule has 6 heteroatoms. The van der Waals surface area contributed by atoms with Crippen LogP contribution < -0.4 is 0 Å². The van der Waals surface area contributed by atoms with E-state index in [1.165, 1.54) is 0 Å². The van der Waals surface area contributed by atoms with Crippen LogP contribution in [0.1, 0.15) is 23.2 Å². The Hall–Kier alpha value is -2.42. The van der Waals surface area contributed by atoms with E-state index >= 15 is 0 Å². The van der Waals surface area contributed by atoms with E-state index in [4.69, 9.17) is 5.26 Å². The van der Waals surface area contributed by atoms with E-state index in [-0.39, 0.29) is 18.2 Å². The second kappa shape index (κ2) is 6.66. The van der Waals surface area contributed by atoms with E-state index in [1.807, 2.05) is 6.07 Å². The summed E-state index contributed by atoms with van der Waals surface area (Å²) >= 11 is 0. The topological polar surface area (TPSA) is 77.3 Å². The van der Waals surface area contributed by atoms with Gasteiger partial charge in [-0.1, -0.05) is 0 Å². The molecule has 0 aromatic carbocycles. The third kappa shape index (κ3) is 3.32. The Labute approximate surface area is 117 Å². The van der Waals surface area contributed by atoms with Crippen molar-refractivity contribution in [2.45, 2.75) is 12.8 Å². The summed E-state index contributed by atoms with van der Waals surface area (Å²) in [7, 11) is 0. The molecule has 20 heavy (non-hydrogen) atoms. The second-order valence-electron chi connectivity index (χ2n) is 4.60. The molecule has 104 valence electrons. The van der Waals surface area contributed by atoms with E-state index in [2.05, 4.69) is 4.98 Å². The molecule has 2 heterocycles. The zero-order chi connectivity index (χ0) is 14.4. The van der Waals surface area contributed by atoms with Crippen molar-refractivity contribution in [2.24, 2.45) is 0 Å². The summed E-state index contributed by atoms with van der Waals surface area (Å²) < 4.78 is 0. The zero-order valence-electron chi connectivity index (χ0n) is 11.2. The van der Waals surface area contributed by atoms with Crippen molar-refractivity contribution in [3.63, 3.8) is 0 Å². The fourth-order valence-electron chi connectivity index (χ4n) is 2.23. The first-order valence-electron chi connectivity index (χ1n) is 6.56. The maximum atomic E-state index is 12.3. The van der Waals surface area contributed by atoms with Gasteiger partial charge in [-0.05, 0) is 18.6 Å². The van der Waals surface area contributed by atoms with Gasteiger partial charge in [0.15, 0.2) is 0 Å². The number of pyridine rings is 1. The minimum Gasteiger partial charge on any atom is -0.340 e. The molecule has 1 aliphatic heterocycles. The smallest absolute Gasteiger partial charge is 0.254 e. The van der Waals surface area contributed by atoms with Crippen LogP contribution in [0.15, 0.2) is 24.5 Å². The molecular formula is C14H16N4O2. The minimum absolute atomic E-state index is 0.0398. The van der Waals surface area contributed by atoms with Gasteiger partial charge in [0, 0.05) is 44.1 Å². The van der Waals surface area contributed by atoms with Crippen LogP contribution in [-0.4, -0.2) is 52.8 Å². The molecular weight excluding hydrogens is 256 g/mol. The SMILES string of the molecule is N#CCC(=O)N1CCCN(C(=O)c2ccncc2)CC1. The molecule has 1 aromatic heterocycles. The van der Waals surface area contributed by atoms with Crippen molar-refractivity contribution in [3.8, 4) is 6.07 Å². The lowest BCUT2D eigenvalue weighted by Gasteiger charge is -2.21. The highest BCUT2D eigenvalue weighted by atomic mass is 16.2. The van der Waals surface area contributed by atoms with Crippen LogP contribution in [0, 0.1) is 11.3 Å². The van der Waals surface area contributed by atoms with Crippen LogP contribution in [0.5, 0.6) is 0 Å². The molecule has 1 aromatic rings. The van der Waals surface area contributed by atoms with Gasteiger partial charge in [-0.15, -0.1) is 0 Å². The predicted molar refractivity (Wildman–Crippen MR) is 71.6 cm³/mol. The van der Waals surface area contributed by atoms with Crippen LogP contribution in [-0.2, 0) is 4.79 Å². The highest BCUT2D eigenvalue weighted by Crippen LogP contribution is 2.09. The largest absolute Gasteiger partial charge is 0.340 e. The molecule has 0 aliphatic carbocycles. The van der Waals surface area contributed by atoms with Crippen molar-refractivity contribution < 1.29 is 9.59 Å². The maximum absolute atomic E-state index is 12.3. The number of carbonyl (C=O) groups excluding carboxylic acids is 2. The van der Waals surface area contributed by atoms with Crippen molar-refractivity contribution in [1.29, 1.82) is 5.26 Å². The molecule has 0 radical (unpaired) electrons. The average Bonchev–Trinajstić information content (AvgIpc) is 2.73. The van der Waals surface area contributed by atoms with Crippen LogP contribution in [0.4, 0.5) is 0 Å². The highest BCUT2D eigenvalue weighted by Gasteiger charge is 2.22. The molecule has 1 saturated heterocycles. The maximum Gasteiger partial charge on any atom is 0.254 e. The third-order valence-electron chi connectivity index (χ3n) is 3.29. The quantitative estimate of drug-likeness (QED) is 0.792. The fourth-order valence-corrected chi connectivity index (χ4v) is 2.23. The summed E-state index contributed by atoms with van der Waals surface area (Å²) in [6, 6.07) is 5.24. The lowest BCUT2D eigenvalue weighted by atomic mass is 10.2. The number of hydrogen-bond donors (Lipinski definition) is 0. The van der Waals surface area contributed by atoms with Crippen LogP contribution in [0.2, 0.25) is 0 Å². The molecule has 2 rings (SSSR count). The van der Waals surface area contributed by atoms with Crippen LogP contribution in [0.25, 0.3) is 0 Å². The van der Waals surface area contributed by atoms with Gasteiger partial charge in [-0.2, -0.15) is 5.26 Å². The van der Waals surface area contributed by atoms with Crippen molar-refractivity contribution >= 4 is 11.8 Å². The van der Waals surface area contributed by atoms with Gasteiger partial charge < -0.3 is 9.80 Å².